The van der Waals surface area contributed by atoms with Crippen molar-refractivity contribution >= 4 is 22.8 Å². The summed E-state index contributed by atoms with van der Waals surface area (Å²) in [5, 5.41) is 4.55. The van der Waals surface area contributed by atoms with Gasteiger partial charge in [0, 0.05) is 12.7 Å². The number of imidazole rings is 1. The lowest BCUT2D eigenvalue weighted by molar-refractivity contribution is 0.577. The molecule has 0 saturated carbocycles. The molecule has 5 nitrogen and oxygen atoms in total. The number of pyridine rings is 1. The first-order valence-corrected chi connectivity index (χ1v) is 7.62. The Morgan fingerprint density at radius 1 is 1.33 bits per heavy atom. The van der Waals surface area contributed by atoms with Crippen LogP contribution in [0.25, 0.3) is 11.2 Å². The van der Waals surface area contributed by atoms with Crippen molar-refractivity contribution in [3.05, 3.63) is 41.6 Å². The van der Waals surface area contributed by atoms with Crippen molar-refractivity contribution in [1.82, 2.24) is 24.3 Å². The predicted octanol–water partition coefficient (Wildman–Crippen LogP) is 3.30. The van der Waals surface area contributed by atoms with E-state index < -0.39 is 0 Å². The Labute approximate surface area is 128 Å². The molecule has 0 amide bonds. The smallest absolute Gasteiger partial charge is 0.159 e. The molecular formula is C15H18ClN5. The van der Waals surface area contributed by atoms with E-state index in [-0.39, 0.29) is 6.04 Å². The van der Waals surface area contributed by atoms with Gasteiger partial charge in [0.1, 0.15) is 11.3 Å². The van der Waals surface area contributed by atoms with Crippen LogP contribution in [0, 0.1) is 6.92 Å². The van der Waals surface area contributed by atoms with Crippen molar-refractivity contribution < 1.29 is 0 Å². The first kappa shape index (κ1) is 14.1. The Morgan fingerprint density at radius 3 is 2.76 bits per heavy atom. The number of rotatable bonds is 4. The molecule has 0 aliphatic heterocycles. The molecule has 3 heterocycles. The fraction of sp³-hybridized carbons (Fsp3) is 0.400. The number of fused-ring (bicyclic) bond motifs is 1. The first-order valence-electron chi connectivity index (χ1n) is 7.08. The fourth-order valence-electron chi connectivity index (χ4n) is 2.71. The van der Waals surface area contributed by atoms with Gasteiger partial charge in [-0.05, 0) is 32.9 Å². The van der Waals surface area contributed by atoms with Gasteiger partial charge in [-0.25, -0.2) is 9.67 Å². The summed E-state index contributed by atoms with van der Waals surface area (Å²) in [5.74, 6) is 1.22. The summed E-state index contributed by atoms with van der Waals surface area (Å²) in [7, 11) is 0. The molecule has 1 atom stereocenters. The number of nitrogens with zero attached hydrogens (tertiary/aromatic N) is 5. The molecule has 0 aliphatic carbocycles. The predicted molar refractivity (Wildman–Crippen MR) is 83.5 cm³/mol. The highest BCUT2D eigenvalue weighted by Crippen LogP contribution is 2.27. The quantitative estimate of drug-likeness (QED) is 0.695. The summed E-state index contributed by atoms with van der Waals surface area (Å²) >= 11 is 6.11. The van der Waals surface area contributed by atoms with Crippen LogP contribution in [0.5, 0.6) is 0 Å². The average molecular weight is 304 g/mol. The van der Waals surface area contributed by atoms with Crippen LogP contribution in [0.2, 0.25) is 0 Å². The number of aryl methyl sites for hydroxylation is 2. The van der Waals surface area contributed by atoms with E-state index in [0.717, 1.165) is 34.9 Å². The largest absolute Gasteiger partial charge is 0.303 e. The van der Waals surface area contributed by atoms with Gasteiger partial charge in [0.15, 0.2) is 5.65 Å². The number of alkyl halides is 1. The molecule has 0 spiro atoms. The lowest BCUT2D eigenvalue weighted by atomic mass is 10.2. The molecule has 1 unspecified atom stereocenters. The first-order chi connectivity index (χ1) is 10.2. The topological polar surface area (TPSA) is 48.5 Å². The molecule has 6 heteroatoms. The van der Waals surface area contributed by atoms with E-state index in [0.29, 0.717) is 5.88 Å². The van der Waals surface area contributed by atoms with Crippen LogP contribution in [-0.2, 0) is 12.4 Å². The Bertz CT molecular complexity index is 759. The molecule has 0 N–H and O–H groups in total. The van der Waals surface area contributed by atoms with Gasteiger partial charge in [-0.2, -0.15) is 5.10 Å². The van der Waals surface area contributed by atoms with Crippen LogP contribution < -0.4 is 0 Å². The van der Waals surface area contributed by atoms with E-state index in [1.165, 1.54) is 0 Å². The van der Waals surface area contributed by atoms with Crippen molar-refractivity contribution in [2.24, 2.45) is 0 Å². The average Bonchev–Trinajstić information content (AvgIpc) is 3.05. The summed E-state index contributed by atoms with van der Waals surface area (Å²) in [6.45, 7) is 6.97. The van der Waals surface area contributed by atoms with E-state index in [1.54, 1.807) is 0 Å². The molecule has 3 aromatic heterocycles. The van der Waals surface area contributed by atoms with E-state index in [4.69, 9.17) is 11.6 Å². The summed E-state index contributed by atoms with van der Waals surface area (Å²) in [6, 6.07) is 6.00. The number of hydrogen-bond donors (Lipinski definition) is 0. The van der Waals surface area contributed by atoms with Crippen LogP contribution >= 0.6 is 11.6 Å². The summed E-state index contributed by atoms with van der Waals surface area (Å²) in [5.41, 5.74) is 3.87. The van der Waals surface area contributed by atoms with Gasteiger partial charge in [0.2, 0.25) is 0 Å². The van der Waals surface area contributed by atoms with Crippen LogP contribution in [0.15, 0.2) is 24.4 Å². The van der Waals surface area contributed by atoms with Gasteiger partial charge >= 0.3 is 0 Å². The van der Waals surface area contributed by atoms with Crippen LogP contribution in [0.3, 0.4) is 0 Å². The second-order valence-electron chi connectivity index (χ2n) is 5.04. The maximum atomic E-state index is 6.11. The molecule has 110 valence electrons. The SMILES string of the molecule is CCn1nc(C)c2nc(CCl)n(C(C)c3ccccn3)c21. The molecule has 0 aromatic carbocycles. The molecule has 21 heavy (non-hydrogen) atoms. The third kappa shape index (κ3) is 2.21. The van der Waals surface area contributed by atoms with E-state index in [9.17, 15) is 0 Å². The molecular weight excluding hydrogens is 286 g/mol. The molecule has 0 radical (unpaired) electrons. The van der Waals surface area contributed by atoms with Gasteiger partial charge in [0.25, 0.3) is 0 Å². The Morgan fingerprint density at radius 2 is 2.14 bits per heavy atom. The second kappa shape index (κ2) is 5.48. The standard InChI is InChI=1S/C15H18ClN5/c1-4-20-15-14(10(2)19-20)18-13(9-16)21(15)11(3)12-7-5-6-8-17-12/h5-8,11H,4,9H2,1-3H3. The summed E-state index contributed by atoms with van der Waals surface area (Å²) in [6.07, 6.45) is 1.81. The maximum absolute atomic E-state index is 6.11. The Balaban J connectivity index is 2.25. The maximum Gasteiger partial charge on any atom is 0.159 e. The molecule has 0 bridgehead atoms. The van der Waals surface area contributed by atoms with Gasteiger partial charge in [-0.15, -0.1) is 11.6 Å². The summed E-state index contributed by atoms with van der Waals surface area (Å²) < 4.78 is 4.13. The van der Waals surface area contributed by atoms with Crippen LogP contribution in [-0.4, -0.2) is 24.3 Å². The number of aromatic nitrogens is 5. The van der Waals surface area contributed by atoms with Crippen molar-refractivity contribution in [2.45, 2.75) is 39.2 Å². The summed E-state index contributed by atoms with van der Waals surface area (Å²) in [4.78, 5) is 9.12. The van der Waals surface area contributed by atoms with Crippen molar-refractivity contribution in [2.75, 3.05) is 0 Å². The lowest BCUT2D eigenvalue weighted by Crippen LogP contribution is -2.14. The minimum absolute atomic E-state index is 0.0614. The van der Waals surface area contributed by atoms with Crippen molar-refractivity contribution in [3.8, 4) is 0 Å². The molecule has 3 rings (SSSR count). The Kier molecular flexibility index (Phi) is 3.68. The zero-order chi connectivity index (χ0) is 15.0. The van der Waals surface area contributed by atoms with Crippen LogP contribution in [0.1, 0.15) is 37.1 Å². The highest BCUT2D eigenvalue weighted by molar-refractivity contribution is 6.16. The number of hydrogen-bond acceptors (Lipinski definition) is 3. The second-order valence-corrected chi connectivity index (χ2v) is 5.30. The Hall–Kier alpha value is -1.88. The van der Waals surface area contributed by atoms with Gasteiger partial charge in [-0.3, -0.25) is 4.98 Å². The van der Waals surface area contributed by atoms with Crippen LogP contribution in [0.4, 0.5) is 0 Å². The zero-order valence-electron chi connectivity index (χ0n) is 12.4. The van der Waals surface area contributed by atoms with Gasteiger partial charge < -0.3 is 4.57 Å². The van der Waals surface area contributed by atoms with E-state index in [2.05, 4.69) is 33.5 Å². The molecule has 0 saturated heterocycles. The van der Waals surface area contributed by atoms with E-state index >= 15 is 0 Å². The van der Waals surface area contributed by atoms with Gasteiger partial charge in [0.05, 0.1) is 23.3 Å². The zero-order valence-corrected chi connectivity index (χ0v) is 13.2. The fourth-order valence-corrected chi connectivity index (χ4v) is 2.90. The molecule has 0 aliphatic rings. The highest BCUT2D eigenvalue weighted by atomic mass is 35.5. The monoisotopic (exact) mass is 303 g/mol. The highest BCUT2D eigenvalue weighted by Gasteiger charge is 2.22. The van der Waals surface area contributed by atoms with E-state index in [1.807, 2.05) is 36.0 Å². The number of halogens is 1. The minimum Gasteiger partial charge on any atom is -0.303 e. The normalized spacial score (nSPS) is 13.0. The van der Waals surface area contributed by atoms with Gasteiger partial charge in [-0.1, -0.05) is 6.07 Å². The third-order valence-corrected chi connectivity index (χ3v) is 3.98. The molecule has 0 fully saturated rings. The van der Waals surface area contributed by atoms with Crippen molar-refractivity contribution in [3.63, 3.8) is 0 Å². The van der Waals surface area contributed by atoms with Crippen molar-refractivity contribution in [1.29, 1.82) is 0 Å². The third-order valence-electron chi connectivity index (χ3n) is 3.74. The lowest BCUT2D eigenvalue weighted by Gasteiger charge is -2.17. The minimum atomic E-state index is 0.0614. The molecule has 3 aromatic rings.